The zero-order valence-corrected chi connectivity index (χ0v) is 8.91. The molecular formula is C11H12FNO4. The number of amides is 1. The third-order valence-electron chi connectivity index (χ3n) is 2.59. The number of nitrogens with zero attached hydrogens (tertiary/aromatic N) is 1. The molecule has 17 heavy (non-hydrogen) atoms. The number of likely N-dealkylation sites (tertiary alicyclic amines) is 1. The van der Waals surface area contributed by atoms with E-state index in [0.717, 1.165) is 4.90 Å². The highest BCUT2D eigenvalue weighted by Gasteiger charge is 2.35. The first-order valence-corrected chi connectivity index (χ1v) is 5.14. The summed E-state index contributed by atoms with van der Waals surface area (Å²) in [7, 11) is 0. The van der Waals surface area contributed by atoms with Crippen molar-refractivity contribution in [3.8, 4) is 5.75 Å². The van der Waals surface area contributed by atoms with E-state index in [1.54, 1.807) is 6.07 Å². The number of benzene rings is 1. The Morgan fingerprint density at radius 1 is 1.47 bits per heavy atom. The Kier molecular flexibility index (Phi) is 3.14. The van der Waals surface area contributed by atoms with Gasteiger partial charge in [-0.25, -0.2) is 9.18 Å². The van der Waals surface area contributed by atoms with Gasteiger partial charge in [-0.3, -0.25) is 0 Å². The molecule has 6 heteroatoms. The lowest BCUT2D eigenvalue weighted by atomic mass is 10.2. The number of β-amino-alcohol motifs (C(OH)–C–C–N with tert-alkyl or cyclic N) is 1. The molecule has 2 N–H and O–H groups in total. The Labute approximate surface area is 97.0 Å². The van der Waals surface area contributed by atoms with Gasteiger partial charge in [0, 0.05) is 6.07 Å². The number of rotatable bonds is 2. The minimum Gasteiger partial charge on any atom is -0.486 e. The van der Waals surface area contributed by atoms with Gasteiger partial charge in [0.25, 0.3) is 0 Å². The number of ether oxygens (including phenoxy) is 1. The van der Waals surface area contributed by atoms with Crippen molar-refractivity contribution in [2.45, 2.75) is 12.2 Å². The molecule has 0 bridgehead atoms. The number of halogens is 1. The molecule has 1 aromatic rings. The molecule has 92 valence electrons. The average Bonchev–Trinajstić information content (AvgIpc) is 2.61. The lowest BCUT2D eigenvalue weighted by Gasteiger charge is -2.16. The van der Waals surface area contributed by atoms with Crippen LogP contribution in [0.3, 0.4) is 0 Å². The Hall–Kier alpha value is -1.82. The van der Waals surface area contributed by atoms with Gasteiger partial charge >= 0.3 is 6.09 Å². The molecule has 1 heterocycles. The first-order chi connectivity index (χ1) is 8.06. The molecule has 1 aliphatic rings. The number of carboxylic acid groups (broad SMARTS) is 1. The molecule has 0 aromatic heterocycles. The van der Waals surface area contributed by atoms with E-state index in [2.05, 4.69) is 0 Å². The largest absolute Gasteiger partial charge is 0.486 e. The van der Waals surface area contributed by atoms with E-state index in [9.17, 15) is 14.3 Å². The molecule has 1 amide bonds. The molecular weight excluding hydrogens is 229 g/mol. The fraction of sp³-hybridized carbons (Fsp3) is 0.364. The van der Waals surface area contributed by atoms with Gasteiger partial charge in [-0.15, -0.1) is 0 Å². The van der Waals surface area contributed by atoms with Crippen molar-refractivity contribution in [2.75, 3.05) is 13.1 Å². The van der Waals surface area contributed by atoms with Crippen LogP contribution >= 0.6 is 0 Å². The first kappa shape index (κ1) is 11.7. The highest BCUT2D eigenvalue weighted by molar-refractivity contribution is 5.65. The predicted molar refractivity (Wildman–Crippen MR) is 56.4 cm³/mol. The Bertz CT molecular complexity index is 426. The van der Waals surface area contributed by atoms with Crippen LogP contribution in [0.1, 0.15) is 0 Å². The molecule has 1 aromatic carbocycles. The number of aliphatic hydroxyl groups excluding tert-OH is 1. The highest BCUT2D eigenvalue weighted by atomic mass is 19.1. The second-order valence-electron chi connectivity index (χ2n) is 3.87. The Morgan fingerprint density at radius 3 is 2.82 bits per heavy atom. The van der Waals surface area contributed by atoms with Crippen LogP contribution in [0.4, 0.5) is 9.18 Å². The summed E-state index contributed by atoms with van der Waals surface area (Å²) in [5.41, 5.74) is 0. The predicted octanol–water partition coefficient (Wildman–Crippen LogP) is 0.928. The summed E-state index contributed by atoms with van der Waals surface area (Å²) in [4.78, 5) is 11.8. The van der Waals surface area contributed by atoms with Gasteiger partial charge < -0.3 is 19.8 Å². The standard InChI is InChI=1S/C11H12FNO4/c12-7-2-1-3-8(4-7)17-10-6-13(11(15)16)5-9(10)14/h1-4,9-10,14H,5-6H2,(H,15,16). The van der Waals surface area contributed by atoms with Crippen molar-refractivity contribution in [1.29, 1.82) is 0 Å². The van der Waals surface area contributed by atoms with E-state index < -0.39 is 24.1 Å². The molecule has 0 saturated carbocycles. The van der Waals surface area contributed by atoms with E-state index in [4.69, 9.17) is 9.84 Å². The summed E-state index contributed by atoms with van der Waals surface area (Å²) >= 11 is 0. The molecule has 0 aliphatic carbocycles. The first-order valence-electron chi connectivity index (χ1n) is 5.14. The summed E-state index contributed by atoms with van der Waals surface area (Å²) < 4.78 is 18.2. The van der Waals surface area contributed by atoms with Crippen LogP contribution in [0.5, 0.6) is 5.75 Å². The molecule has 1 aliphatic heterocycles. The third kappa shape index (κ3) is 2.65. The van der Waals surface area contributed by atoms with Gasteiger partial charge in [-0.1, -0.05) is 6.07 Å². The average molecular weight is 241 g/mol. The topological polar surface area (TPSA) is 70.0 Å². The van der Waals surface area contributed by atoms with Gasteiger partial charge in [0.2, 0.25) is 0 Å². The van der Waals surface area contributed by atoms with Gasteiger partial charge in [-0.2, -0.15) is 0 Å². The zero-order chi connectivity index (χ0) is 12.4. The normalized spacial score (nSPS) is 23.8. The van der Waals surface area contributed by atoms with Crippen LogP contribution in [0.2, 0.25) is 0 Å². The molecule has 2 atom stereocenters. The van der Waals surface area contributed by atoms with Gasteiger partial charge in [0.1, 0.15) is 23.8 Å². The number of carbonyl (C=O) groups is 1. The van der Waals surface area contributed by atoms with E-state index >= 15 is 0 Å². The minimum absolute atomic E-state index is 0.00924. The molecule has 1 fully saturated rings. The number of hydrogen-bond acceptors (Lipinski definition) is 3. The molecule has 1 saturated heterocycles. The lowest BCUT2D eigenvalue weighted by Crippen LogP contribution is -2.30. The fourth-order valence-corrected chi connectivity index (χ4v) is 1.74. The van der Waals surface area contributed by atoms with Crippen molar-refractivity contribution in [1.82, 2.24) is 4.90 Å². The maximum absolute atomic E-state index is 12.9. The smallest absolute Gasteiger partial charge is 0.407 e. The summed E-state index contributed by atoms with van der Waals surface area (Å²) in [5, 5.41) is 18.4. The second kappa shape index (κ2) is 4.58. The third-order valence-corrected chi connectivity index (χ3v) is 2.59. The number of aliphatic hydroxyl groups is 1. The molecule has 2 rings (SSSR count). The SMILES string of the molecule is O=C(O)N1CC(O)C(Oc2cccc(F)c2)C1. The van der Waals surface area contributed by atoms with Crippen LogP contribution in [-0.2, 0) is 0 Å². The Morgan fingerprint density at radius 2 is 2.24 bits per heavy atom. The molecule has 2 unspecified atom stereocenters. The molecule has 5 nitrogen and oxygen atoms in total. The van der Waals surface area contributed by atoms with Crippen molar-refractivity contribution in [3.05, 3.63) is 30.1 Å². The van der Waals surface area contributed by atoms with Crippen LogP contribution in [-0.4, -0.2) is 46.5 Å². The van der Waals surface area contributed by atoms with Crippen molar-refractivity contribution >= 4 is 6.09 Å². The van der Waals surface area contributed by atoms with E-state index in [1.807, 2.05) is 0 Å². The van der Waals surface area contributed by atoms with E-state index in [1.165, 1.54) is 18.2 Å². The Balaban J connectivity index is 2.02. The summed E-state index contributed by atoms with van der Waals surface area (Å²) in [6.07, 6.45) is -2.66. The quantitative estimate of drug-likeness (QED) is 0.808. The van der Waals surface area contributed by atoms with Gasteiger partial charge in [0.05, 0.1) is 13.1 Å². The van der Waals surface area contributed by atoms with Crippen molar-refractivity contribution in [2.24, 2.45) is 0 Å². The van der Waals surface area contributed by atoms with Crippen LogP contribution in [0, 0.1) is 5.82 Å². The van der Waals surface area contributed by atoms with Gasteiger partial charge in [0.15, 0.2) is 0 Å². The summed E-state index contributed by atoms with van der Waals surface area (Å²) in [6, 6.07) is 5.51. The van der Waals surface area contributed by atoms with E-state index in [-0.39, 0.29) is 18.8 Å². The fourth-order valence-electron chi connectivity index (χ4n) is 1.74. The van der Waals surface area contributed by atoms with Crippen LogP contribution in [0.25, 0.3) is 0 Å². The van der Waals surface area contributed by atoms with Crippen LogP contribution in [0.15, 0.2) is 24.3 Å². The minimum atomic E-state index is -1.10. The maximum atomic E-state index is 12.9. The highest BCUT2D eigenvalue weighted by Crippen LogP contribution is 2.19. The van der Waals surface area contributed by atoms with Crippen molar-refractivity contribution < 1.29 is 24.1 Å². The van der Waals surface area contributed by atoms with Gasteiger partial charge in [-0.05, 0) is 12.1 Å². The second-order valence-corrected chi connectivity index (χ2v) is 3.87. The van der Waals surface area contributed by atoms with Crippen molar-refractivity contribution in [3.63, 3.8) is 0 Å². The number of hydrogen-bond donors (Lipinski definition) is 2. The summed E-state index contributed by atoms with van der Waals surface area (Å²) in [5.74, 6) is -0.161. The summed E-state index contributed by atoms with van der Waals surface area (Å²) in [6.45, 7) is 0.0856. The van der Waals surface area contributed by atoms with Crippen LogP contribution < -0.4 is 4.74 Å². The zero-order valence-electron chi connectivity index (χ0n) is 8.91. The van der Waals surface area contributed by atoms with E-state index in [0.29, 0.717) is 0 Å². The molecule has 0 radical (unpaired) electrons. The lowest BCUT2D eigenvalue weighted by molar-refractivity contribution is 0.0734. The maximum Gasteiger partial charge on any atom is 0.407 e. The monoisotopic (exact) mass is 241 g/mol. The molecule has 0 spiro atoms.